The Balaban J connectivity index is 2.60. The van der Waals surface area contributed by atoms with Gasteiger partial charge in [-0.2, -0.15) is 0 Å². The lowest BCUT2D eigenvalue weighted by Crippen LogP contribution is -2.53. The molecule has 2 nitrogen and oxygen atoms in total. The number of hydrogen-bond donors (Lipinski definition) is 1. The number of nitrogens with one attached hydrogen (secondary N) is 1. The second-order valence-corrected chi connectivity index (χ2v) is 5.56. The van der Waals surface area contributed by atoms with E-state index >= 15 is 0 Å². The molecule has 0 saturated heterocycles. The smallest absolute Gasteiger partial charge is 0.0830 e. The number of allylic oxidation sites excluding steroid dienone is 1. The Morgan fingerprint density at radius 2 is 2.06 bits per heavy atom. The van der Waals surface area contributed by atoms with Crippen LogP contribution in [0.4, 0.5) is 0 Å². The van der Waals surface area contributed by atoms with Gasteiger partial charge >= 0.3 is 0 Å². The second-order valence-electron chi connectivity index (χ2n) is 5.56. The van der Waals surface area contributed by atoms with E-state index in [-0.39, 0.29) is 5.60 Å². The van der Waals surface area contributed by atoms with Crippen LogP contribution in [0.25, 0.3) is 0 Å². The molecular formula is C16H31NO. The van der Waals surface area contributed by atoms with Crippen LogP contribution in [0, 0.1) is 0 Å². The molecule has 0 aromatic heterocycles. The quantitative estimate of drug-likeness (QED) is 0.494. The predicted molar refractivity (Wildman–Crippen MR) is 79.0 cm³/mol. The molecule has 0 heterocycles. The summed E-state index contributed by atoms with van der Waals surface area (Å²) in [6.45, 7) is 7.15. The van der Waals surface area contributed by atoms with Gasteiger partial charge in [0.2, 0.25) is 0 Å². The van der Waals surface area contributed by atoms with Crippen LogP contribution in [0.3, 0.4) is 0 Å². The van der Waals surface area contributed by atoms with Gasteiger partial charge in [0, 0.05) is 13.2 Å². The van der Waals surface area contributed by atoms with Gasteiger partial charge < -0.3 is 10.1 Å². The SMILES string of the molecule is C=CCCCC(NCCC)C1(OC)CCCCC1. The average molecular weight is 253 g/mol. The van der Waals surface area contributed by atoms with Gasteiger partial charge in [-0.25, -0.2) is 0 Å². The van der Waals surface area contributed by atoms with E-state index < -0.39 is 0 Å². The highest BCUT2D eigenvalue weighted by Crippen LogP contribution is 2.35. The molecule has 1 atom stereocenters. The van der Waals surface area contributed by atoms with Crippen LogP contribution in [0.1, 0.15) is 64.7 Å². The van der Waals surface area contributed by atoms with Gasteiger partial charge in [0.25, 0.3) is 0 Å². The fourth-order valence-electron chi connectivity index (χ4n) is 3.18. The van der Waals surface area contributed by atoms with Crippen LogP contribution < -0.4 is 5.32 Å². The summed E-state index contributed by atoms with van der Waals surface area (Å²) in [5, 5.41) is 3.73. The predicted octanol–water partition coefficient (Wildman–Crippen LogP) is 4.06. The minimum atomic E-state index is 0.0919. The number of ether oxygens (including phenoxy) is 1. The molecule has 1 saturated carbocycles. The summed E-state index contributed by atoms with van der Waals surface area (Å²) >= 11 is 0. The monoisotopic (exact) mass is 253 g/mol. The van der Waals surface area contributed by atoms with Gasteiger partial charge in [0.1, 0.15) is 0 Å². The van der Waals surface area contributed by atoms with Crippen molar-refractivity contribution in [1.82, 2.24) is 5.32 Å². The first-order valence-corrected chi connectivity index (χ1v) is 7.68. The fourth-order valence-corrected chi connectivity index (χ4v) is 3.18. The number of unbranched alkanes of at least 4 members (excludes halogenated alkanes) is 1. The Bertz CT molecular complexity index is 221. The maximum atomic E-state index is 5.98. The van der Waals surface area contributed by atoms with Gasteiger partial charge in [0.05, 0.1) is 5.60 Å². The minimum Gasteiger partial charge on any atom is -0.377 e. The van der Waals surface area contributed by atoms with Gasteiger partial charge in [-0.05, 0) is 45.1 Å². The lowest BCUT2D eigenvalue weighted by molar-refractivity contribution is -0.0695. The average Bonchev–Trinajstić information content (AvgIpc) is 2.43. The van der Waals surface area contributed by atoms with Crippen molar-refractivity contribution >= 4 is 0 Å². The molecule has 1 rings (SSSR count). The first-order chi connectivity index (χ1) is 8.79. The molecule has 0 aromatic carbocycles. The van der Waals surface area contributed by atoms with E-state index in [0.29, 0.717) is 6.04 Å². The molecule has 1 fully saturated rings. The Morgan fingerprint density at radius 1 is 1.33 bits per heavy atom. The third-order valence-corrected chi connectivity index (χ3v) is 4.28. The van der Waals surface area contributed by atoms with Gasteiger partial charge in [0.15, 0.2) is 0 Å². The second kappa shape index (κ2) is 8.71. The topological polar surface area (TPSA) is 21.3 Å². The summed E-state index contributed by atoms with van der Waals surface area (Å²) < 4.78 is 5.98. The first kappa shape index (κ1) is 15.7. The van der Waals surface area contributed by atoms with Gasteiger partial charge in [-0.15, -0.1) is 6.58 Å². The van der Waals surface area contributed by atoms with Crippen molar-refractivity contribution in [2.24, 2.45) is 0 Å². The summed E-state index contributed by atoms with van der Waals surface area (Å²) in [6, 6.07) is 0.516. The van der Waals surface area contributed by atoms with Crippen LogP contribution in [0.2, 0.25) is 0 Å². The van der Waals surface area contributed by atoms with Crippen molar-refractivity contribution in [2.45, 2.75) is 76.4 Å². The van der Waals surface area contributed by atoms with E-state index in [0.717, 1.165) is 13.0 Å². The highest BCUT2D eigenvalue weighted by atomic mass is 16.5. The lowest BCUT2D eigenvalue weighted by Gasteiger charge is -2.43. The van der Waals surface area contributed by atoms with Crippen molar-refractivity contribution in [2.75, 3.05) is 13.7 Å². The zero-order valence-corrected chi connectivity index (χ0v) is 12.3. The molecular weight excluding hydrogens is 222 g/mol. The number of hydrogen-bond acceptors (Lipinski definition) is 2. The maximum absolute atomic E-state index is 5.98. The van der Waals surface area contributed by atoms with Gasteiger partial charge in [-0.1, -0.05) is 32.3 Å². The van der Waals surface area contributed by atoms with Gasteiger partial charge in [-0.3, -0.25) is 0 Å². The Morgan fingerprint density at radius 3 is 2.61 bits per heavy atom. The molecule has 2 heteroatoms. The van der Waals surface area contributed by atoms with E-state index in [2.05, 4.69) is 18.8 Å². The molecule has 0 aliphatic heterocycles. The zero-order chi connectivity index (χ0) is 13.3. The number of rotatable bonds is 9. The summed E-state index contributed by atoms with van der Waals surface area (Å²) in [7, 11) is 1.90. The Hall–Kier alpha value is -0.340. The van der Waals surface area contributed by atoms with Crippen LogP contribution in [-0.4, -0.2) is 25.3 Å². The van der Waals surface area contributed by atoms with E-state index in [1.54, 1.807) is 0 Å². The van der Waals surface area contributed by atoms with Crippen LogP contribution >= 0.6 is 0 Å². The van der Waals surface area contributed by atoms with E-state index in [1.165, 1.54) is 51.4 Å². The summed E-state index contributed by atoms with van der Waals surface area (Å²) in [5.41, 5.74) is 0.0919. The molecule has 106 valence electrons. The standard InChI is InChI=1S/C16H31NO/c1-4-6-8-11-15(17-14-5-2)16(18-3)12-9-7-10-13-16/h4,15,17H,1,5-14H2,2-3H3. The van der Waals surface area contributed by atoms with Crippen molar-refractivity contribution < 1.29 is 4.74 Å². The molecule has 18 heavy (non-hydrogen) atoms. The Labute approximate surface area is 113 Å². The van der Waals surface area contributed by atoms with Crippen LogP contribution in [-0.2, 0) is 4.74 Å². The van der Waals surface area contributed by atoms with E-state index in [9.17, 15) is 0 Å². The summed E-state index contributed by atoms with van der Waals surface area (Å²) in [5.74, 6) is 0. The van der Waals surface area contributed by atoms with Crippen LogP contribution in [0.15, 0.2) is 12.7 Å². The normalized spacial score (nSPS) is 20.6. The van der Waals surface area contributed by atoms with Crippen molar-refractivity contribution in [3.05, 3.63) is 12.7 Å². The maximum Gasteiger partial charge on any atom is 0.0830 e. The summed E-state index contributed by atoms with van der Waals surface area (Å²) in [4.78, 5) is 0. The molecule has 1 aliphatic rings. The van der Waals surface area contributed by atoms with Crippen molar-refractivity contribution in [1.29, 1.82) is 0 Å². The van der Waals surface area contributed by atoms with Crippen molar-refractivity contribution in [3.8, 4) is 0 Å². The molecule has 0 amide bonds. The van der Waals surface area contributed by atoms with Crippen LogP contribution in [0.5, 0.6) is 0 Å². The zero-order valence-electron chi connectivity index (χ0n) is 12.3. The third-order valence-electron chi connectivity index (χ3n) is 4.28. The highest BCUT2D eigenvalue weighted by molar-refractivity contribution is 4.95. The van der Waals surface area contributed by atoms with E-state index in [1.807, 2.05) is 13.2 Å². The number of methoxy groups -OCH3 is 1. The fraction of sp³-hybridized carbons (Fsp3) is 0.875. The molecule has 0 radical (unpaired) electrons. The molecule has 0 aromatic rings. The molecule has 0 spiro atoms. The highest BCUT2D eigenvalue weighted by Gasteiger charge is 2.39. The Kier molecular flexibility index (Phi) is 7.60. The van der Waals surface area contributed by atoms with Crippen molar-refractivity contribution in [3.63, 3.8) is 0 Å². The summed E-state index contributed by atoms with van der Waals surface area (Å²) in [6.07, 6.45) is 13.2. The first-order valence-electron chi connectivity index (χ1n) is 7.68. The minimum absolute atomic E-state index is 0.0919. The third kappa shape index (κ3) is 4.40. The molecule has 1 N–H and O–H groups in total. The molecule has 1 aliphatic carbocycles. The molecule has 0 bridgehead atoms. The lowest BCUT2D eigenvalue weighted by atomic mass is 9.77. The van der Waals surface area contributed by atoms with E-state index in [4.69, 9.17) is 4.74 Å². The molecule has 1 unspecified atom stereocenters. The largest absolute Gasteiger partial charge is 0.377 e.